The first-order valence-corrected chi connectivity index (χ1v) is 7.67. The molecular weight excluding hydrogens is 320 g/mol. The van der Waals surface area contributed by atoms with Crippen LogP contribution in [0.1, 0.15) is 10.4 Å². The molecule has 1 aromatic heterocycles. The van der Waals surface area contributed by atoms with Gasteiger partial charge in [0, 0.05) is 43.0 Å². The first kappa shape index (κ1) is 16.6. The van der Waals surface area contributed by atoms with E-state index in [9.17, 15) is 9.59 Å². The van der Waals surface area contributed by atoms with Gasteiger partial charge in [-0.1, -0.05) is 0 Å². The number of benzene rings is 2. The average molecular weight is 338 g/mol. The number of rotatable bonds is 4. The predicted molar refractivity (Wildman–Crippen MR) is 95.7 cm³/mol. The summed E-state index contributed by atoms with van der Waals surface area (Å²) in [5.74, 6) is 1.13. The Morgan fingerprint density at radius 1 is 1.12 bits per heavy atom. The van der Waals surface area contributed by atoms with E-state index in [1.807, 2.05) is 11.6 Å². The molecule has 0 spiro atoms. The minimum Gasteiger partial charge on any atom is -0.497 e. The van der Waals surface area contributed by atoms with Crippen LogP contribution in [-0.2, 0) is 7.05 Å². The van der Waals surface area contributed by atoms with Gasteiger partial charge in [-0.05, 0) is 36.4 Å². The van der Waals surface area contributed by atoms with Crippen molar-refractivity contribution in [3.8, 4) is 11.5 Å². The standard InChI is InChI=1S/C19H18N2O4/c1-20-11-13(12-22)17-9-8-16(10-18(17)20)25-19(23)21(2)14-4-6-15(24-3)7-5-14/h4-12H,1-3H3. The zero-order chi connectivity index (χ0) is 18.0. The van der Waals surface area contributed by atoms with Crippen LogP contribution in [0.15, 0.2) is 48.7 Å². The van der Waals surface area contributed by atoms with Crippen LogP contribution in [0.4, 0.5) is 10.5 Å². The number of hydrogen-bond acceptors (Lipinski definition) is 4. The van der Waals surface area contributed by atoms with Gasteiger partial charge in [-0.3, -0.25) is 9.69 Å². The summed E-state index contributed by atoms with van der Waals surface area (Å²) in [4.78, 5) is 24.8. The van der Waals surface area contributed by atoms with Crippen LogP contribution >= 0.6 is 0 Å². The highest BCUT2D eigenvalue weighted by Gasteiger charge is 2.15. The van der Waals surface area contributed by atoms with E-state index in [0.717, 1.165) is 17.2 Å². The van der Waals surface area contributed by atoms with E-state index in [0.29, 0.717) is 22.7 Å². The molecule has 25 heavy (non-hydrogen) atoms. The average Bonchev–Trinajstić information content (AvgIpc) is 2.96. The number of methoxy groups -OCH3 is 1. The topological polar surface area (TPSA) is 60.8 Å². The van der Waals surface area contributed by atoms with Crippen molar-refractivity contribution < 1.29 is 19.1 Å². The van der Waals surface area contributed by atoms with Crippen LogP contribution in [0.25, 0.3) is 10.9 Å². The number of aromatic nitrogens is 1. The van der Waals surface area contributed by atoms with Crippen molar-refractivity contribution in [2.75, 3.05) is 19.1 Å². The molecule has 0 N–H and O–H groups in total. The Hall–Kier alpha value is -3.28. The zero-order valence-corrected chi connectivity index (χ0v) is 14.2. The summed E-state index contributed by atoms with van der Waals surface area (Å²) in [6.07, 6.45) is 2.05. The smallest absolute Gasteiger partial charge is 0.419 e. The van der Waals surface area contributed by atoms with E-state index in [1.54, 1.807) is 62.8 Å². The second kappa shape index (κ2) is 6.68. The fourth-order valence-electron chi connectivity index (χ4n) is 2.63. The molecule has 0 fully saturated rings. The maximum Gasteiger partial charge on any atom is 0.419 e. The molecule has 1 amide bonds. The minimum atomic E-state index is -0.505. The number of nitrogens with zero attached hydrogens (tertiary/aromatic N) is 2. The Kier molecular flexibility index (Phi) is 4.43. The third-order valence-electron chi connectivity index (χ3n) is 4.06. The molecule has 0 unspecified atom stereocenters. The van der Waals surface area contributed by atoms with Crippen molar-refractivity contribution in [1.82, 2.24) is 4.57 Å². The third kappa shape index (κ3) is 3.19. The molecule has 0 atom stereocenters. The largest absolute Gasteiger partial charge is 0.497 e. The number of aldehydes is 1. The van der Waals surface area contributed by atoms with Gasteiger partial charge >= 0.3 is 6.09 Å². The molecule has 0 aliphatic heterocycles. The maximum atomic E-state index is 12.4. The highest BCUT2D eigenvalue weighted by Crippen LogP contribution is 2.25. The minimum absolute atomic E-state index is 0.413. The van der Waals surface area contributed by atoms with Crippen LogP contribution in [0, 0.1) is 0 Å². The normalized spacial score (nSPS) is 10.5. The maximum absolute atomic E-state index is 12.4. The summed E-state index contributed by atoms with van der Waals surface area (Å²) in [6.45, 7) is 0. The molecular formula is C19H18N2O4. The molecule has 0 saturated heterocycles. The van der Waals surface area contributed by atoms with Gasteiger partial charge in [0.15, 0.2) is 6.29 Å². The van der Waals surface area contributed by atoms with Crippen molar-refractivity contribution in [1.29, 1.82) is 0 Å². The van der Waals surface area contributed by atoms with Gasteiger partial charge < -0.3 is 14.0 Å². The van der Waals surface area contributed by atoms with Crippen molar-refractivity contribution in [3.63, 3.8) is 0 Å². The summed E-state index contributed by atoms with van der Waals surface area (Å²) >= 11 is 0. The Morgan fingerprint density at radius 2 is 1.80 bits per heavy atom. The monoisotopic (exact) mass is 338 g/mol. The van der Waals surface area contributed by atoms with Crippen LogP contribution < -0.4 is 14.4 Å². The number of hydrogen-bond donors (Lipinski definition) is 0. The van der Waals surface area contributed by atoms with E-state index in [1.165, 1.54) is 4.90 Å². The summed E-state index contributed by atoms with van der Waals surface area (Å²) in [7, 11) is 5.06. The van der Waals surface area contributed by atoms with Crippen LogP contribution in [0.3, 0.4) is 0 Å². The zero-order valence-electron chi connectivity index (χ0n) is 14.2. The number of carbonyl (C=O) groups is 2. The second-order valence-electron chi connectivity index (χ2n) is 5.62. The lowest BCUT2D eigenvalue weighted by Crippen LogP contribution is -2.29. The summed E-state index contributed by atoms with van der Waals surface area (Å²) in [5.41, 5.74) is 2.11. The molecule has 3 rings (SSSR count). The lowest BCUT2D eigenvalue weighted by molar-refractivity contribution is 0.112. The summed E-state index contributed by atoms with van der Waals surface area (Å²) < 4.78 is 12.4. The molecule has 0 radical (unpaired) electrons. The van der Waals surface area contributed by atoms with E-state index < -0.39 is 6.09 Å². The first-order valence-electron chi connectivity index (χ1n) is 7.67. The SMILES string of the molecule is COc1ccc(N(C)C(=O)Oc2ccc3c(C=O)cn(C)c3c2)cc1. The number of anilines is 1. The van der Waals surface area contributed by atoms with Gasteiger partial charge in [0.1, 0.15) is 11.5 Å². The third-order valence-corrected chi connectivity index (χ3v) is 4.06. The Bertz CT molecular complexity index is 928. The Labute approximate surface area is 145 Å². The Morgan fingerprint density at radius 3 is 2.44 bits per heavy atom. The highest BCUT2D eigenvalue weighted by molar-refractivity contribution is 5.98. The first-order chi connectivity index (χ1) is 12.0. The van der Waals surface area contributed by atoms with E-state index >= 15 is 0 Å². The van der Waals surface area contributed by atoms with Gasteiger partial charge in [-0.2, -0.15) is 0 Å². The summed E-state index contributed by atoms with van der Waals surface area (Å²) in [5, 5.41) is 0.820. The lowest BCUT2D eigenvalue weighted by atomic mass is 10.2. The van der Waals surface area contributed by atoms with Crippen LogP contribution in [-0.4, -0.2) is 31.1 Å². The molecule has 3 aromatic rings. The number of amides is 1. The molecule has 128 valence electrons. The van der Waals surface area contributed by atoms with Gasteiger partial charge in [0.2, 0.25) is 0 Å². The van der Waals surface area contributed by atoms with E-state index in [4.69, 9.17) is 9.47 Å². The van der Waals surface area contributed by atoms with Crippen molar-refractivity contribution in [3.05, 3.63) is 54.2 Å². The van der Waals surface area contributed by atoms with E-state index in [2.05, 4.69) is 0 Å². The number of aryl methyl sites for hydroxylation is 1. The van der Waals surface area contributed by atoms with E-state index in [-0.39, 0.29) is 0 Å². The quantitative estimate of drug-likeness (QED) is 0.682. The van der Waals surface area contributed by atoms with Gasteiger partial charge in [-0.15, -0.1) is 0 Å². The molecule has 2 aromatic carbocycles. The molecule has 0 aliphatic rings. The molecule has 0 saturated carbocycles. The molecule has 0 aliphatic carbocycles. The lowest BCUT2D eigenvalue weighted by Gasteiger charge is -2.17. The Balaban J connectivity index is 1.80. The molecule has 1 heterocycles. The fourth-order valence-corrected chi connectivity index (χ4v) is 2.63. The highest BCUT2D eigenvalue weighted by atomic mass is 16.6. The van der Waals surface area contributed by atoms with Crippen molar-refractivity contribution in [2.24, 2.45) is 7.05 Å². The van der Waals surface area contributed by atoms with Crippen LogP contribution in [0.2, 0.25) is 0 Å². The molecule has 0 bridgehead atoms. The van der Waals surface area contributed by atoms with Crippen molar-refractivity contribution in [2.45, 2.75) is 0 Å². The van der Waals surface area contributed by atoms with Crippen molar-refractivity contribution >= 4 is 29.0 Å². The number of ether oxygens (including phenoxy) is 2. The number of fused-ring (bicyclic) bond motifs is 1. The van der Waals surface area contributed by atoms with Gasteiger partial charge in [0.25, 0.3) is 0 Å². The fraction of sp³-hybridized carbons (Fsp3) is 0.158. The summed E-state index contributed by atoms with van der Waals surface area (Å²) in [6, 6.07) is 12.3. The predicted octanol–water partition coefficient (Wildman–Crippen LogP) is 3.63. The van der Waals surface area contributed by atoms with Gasteiger partial charge in [-0.25, -0.2) is 4.79 Å². The van der Waals surface area contributed by atoms with Crippen LogP contribution in [0.5, 0.6) is 11.5 Å². The van der Waals surface area contributed by atoms with Gasteiger partial charge in [0.05, 0.1) is 12.6 Å². The molecule has 6 nitrogen and oxygen atoms in total. The second-order valence-corrected chi connectivity index (χ2v) is 5.62. The number of carbonyl (C=O) groups excluding carboxylic acids is 2. The molecule has 6 heteroatoms.